The Kier molecular flexibility index (Phi) is 4.26. The maximum atomic E-state index is 13.2. The number of carbonyl (C=O) groups is 3. The van der Waals surface area contributed by atoms with E-state index in [4.69, 9.17) is 0 Å². The molecule has 2 amide bonds. The minimum absolute atomic E-state index is 0.00572. The van der Waals surface area contributed by atoms with Gasteiger partial charge in [-0.15, -0.1) is 0 Å². The predicted octanol–water partition coefficient (Wildman–Crippen LogP) is 2.92. The lowest BCUT2D eigenvalue weighted by atomic mass is 9.39. The topological polar surface area (TPSA) is 57.7 Å². The molecule has 2 saturated carbocycles. The molecule has 5 aliphatic rings. The van der Waals surface area contributed by atoms with Crippen LogP contribution in [0.3, 0.4) is 0 Å². The molecule has 4 fully saturated rings. The molecule has 6 rings (SSSR count). The van der Waals surface area contributed by atoms with Gasteiger partial charge in [0.05, 0.1) is 18.4 Å². The molecule has 0 aromatic heterocycles. The Balaban J connectivity index is 1.04. The molecule has 2 heterocycles. The van der Waals surface area contributed by atoms with Crippen molar-refractivity contribution in [1.82, 2.24) is 9.80 Å². The summed E-state index contributed by atoms with van der Waals surface area (Å²) in [5.74, 6) is 0.694. The number of hydrogen-bond acceptors (Lipinski definition) is 4. The summed E-state index contributed by atoms with van der Waals surface area (Å²) in [6.07, 6.45) is 8.46. The van der Waals surface area contributed by atoms with Gasteiger partial charge in [0.1, 0.15) is 5.82 Å². The van der Waals surface area contributed by atoms with E-state index in [1.807, 2.05) is 0 Å². The molecule has 31 heavy (non-hydrogen) atoms. The van der Waals surface area contributed by atoms with Crippen molar-refractivity contribution >= 4 is 17.6 Å². The van der Waals surface area contributed by atoms with E-state index in [0.29, 0.717) is 30.5 Å². The van der Waals surface area contributed by atoms with E-state index in [-0.39, 0.29) is 46.6 Å². The lowest BCUT2D eigenvalue weighted by molar-refractivity contribution is -0.174. The molecule has 1 aromatic carbocycles. The van der Waals surface area contributed by atoms with Gasteiger partial charge in [0.25, 0.3) is 0 Å². The Hall–Kier alpha value is -2.34. The minimum atomic E-state index is -0.344. The highest BCUT2D eigenvalue weighted by Gasteiger charge is 2.76. The fourth-order valence-corrected chi connectivity index (χ4v) is 7.07. The first-order valence-corrected chi connectivity index (χ1v) is 11.5. The largest absolute Gasteiger partial charge is 0.296 e. The Morgan fingerprint density at radius 1 is 1.03 bits per heavy atom. The van der Waals surface area contributed by atoms with Gasteiger partial charge in [-0.05, 0) is 86.2 Å². The van der Waals surface area contributed by atoms with Crippen LogP contribution in [0.4, 0.5) is 4.39 Å². The van der Waals surface area contributed by atoms with E-state index in [9.17, 15) is 18.8 Å². The number of carbonyl (C=O) groups excluding carboxylic acids is 3. The summed E-state index contributed by atoms with van der Waals surface area (Å²) in [7, 11) is 0. The van der Waals surface area contributed by atoms with Gasteiger partial charge in [-0.2, -0.15) is 0 Å². The number of rotatable bonds is 5. The highest BCUT2D eigenvalue weighted by Crippen LogP contribution is 2.74. The number of piperidine rings is 1. The van der Waals surface area contributed by atoms with E-state index < -0.39 is 0 Å². The molecule has 2 saturated heterocycles. The van der Waals surface area contributed by atoms with E-state index in [1.165, 1.54) is 24.3 Å². The molecule has 5 unspecified atom stereocenters. The number of benzene rings is 1. The second kappa shape index (κ2) is 6.83. The van der Waals surface area contributed by atoms with Gasteiger partial charge in [-0.25, -0.2) is 4.39 Å². The number of imide groups is 1. The molecular weight excluding hydrogens is 395 g/mol. The van der Waals surface area contributed by atoms with Gasteiger partial charge < -0.3 is 0 Å². The number of allylic oxidation sites excluding steroid dienone is 2. The van der Waals surface area contributed by atoms with Crippen molar-refractivity contribution in [2.24, 2.45) is 35.0 Å². The minimum Gasteiger partial charge on any atom is -0.296 e. The quantitative estimate of drug-likeness (QED) is 0.416. The summed E-state index contributed by atoms with van der Waals surface area (Å²) in [5.41, 5.74) is 0.608. The van der Waals surface area contributed by atoms with Crippen molar-refractivity contribution < 1.29 is 18.8 Å². The molecule has 5 atom stereocenters. The zero-order valence-electron chi connectivity index (χ0n) is 17.5. The summed E-state index contributed by atoms with van der Waals surface area (Å²) in [6.45, 7) is 2.40. The van der Waals surface area contributed by atoms with Crippen molar-refractivity contribution in [3.8, 4) is 0 Å². The van der Waals surface area contributed by atoms with Crippen LogP contribution in [0.25, 0.3) is 0 Å². The number of fused-ring (bicyclic) bond motifs is 2. The summed E-state index contributed by atoms with van der Waals surface area (Å²) in [5, 5.41) is 0. The second-order valence-corrected chi connectivity index (χ2v) is 10.1. The summed E-state index contributed by atoms with van der Waals surface area (Å²) in [4.78, 5) is 42.3. The number of amides is 2. The van der Waals surface area contributed by atoms with E-state index in [2.05, 4.69) is 17.1 Å². The number of hydrogen-bond donors (Lipinski definition) is 0. The van der Waals surface area contributed by atoms with Crippen LogP contribution in [0.15, 0.2) is 36.4 Å². The van der Waals surface area contributed by atoms with Crippen LogP contribution >= 0.6 is 0 Å². The second-order valence-electron chi connectivity index (χ2n) is 10.1. The molecule has 2 aliphatic heterocycles. The van der Waals surface area contributed by atoms with Crippen LogP contribution in [0.5, 0.6) is 0 Å². The average molecular weight is 423 g/mol. The highest BCUT2D eigenvalue weighted by molar-refractivity contribution is 6.08. The number of nitrogens with zero attached hydrogens (tertiary/aromatic N) is 2. The Morgan fingerprint density at radius 2 is 1.77 bits per heavy atom. The SMILES string of the molecule is O=C(CN1CCC(CN2C(=O)C3C4C=CC5CCC54C3C2=O)CC1)c1ccc(F)cc1. The molecule has 0 bridgehead atoms. The molecule has 1 aromatic rings. The van der Waals surface area contributed by atoms with Crippen LogP contribution in [0.2, 0.25) is 0 Å². The maximum absolute atomic E-state index is 13.2. The Morgan fingerprint density at radius 3 is 2.45 bits per heavy atom. The number of Topliss-reactive ketones (excluding diaryl/α,β-unsaturated/α-hetero) is 1. The van der Waals surface area contributed by atoms with Gasteiger partial charge in [0, 0.05) is 12.1 Å². The summed E-state index contributed by atoms with van der Waals surface area (Å²) >= 11 is 0. The zero-order chi connectivity index (χ0) is 21.3. The van der Waals surface area contributed by atoms with Crippen molar-refractivity contribution in [2.45, 2.75) is 25.7 Å². The van der Waals surface area contributed by atoms with Gasteiger partial charge >= 0.3 is 0 Å². The van der Waals surface area contributed by atoms with Gasteiger partial charge in [-0.1, -0.05) is 12.2 Å². The molecule has 162 valence electrons. The van der Waals surface area contributed by atoms with Crippen molar-refractivity contribution in [3.05, 3.63) is 47.8 Å². The third kappa shape index (κ3) is 2.67. The van der Waals surface area contributed by atoms with Crippen molar-refractivity contribution in [2.75, 3.05) is 26.2 Å². The van der Waals surface area contributed by atoms with Gasteiger partial charge in [-0.3, -0.25) is 24.2 Å². The van der Waals surface area contributed by atoms with Crippen molar-refractivity contribution in [3.63, 3.8) is 0 Å². The molecule has 1 spiro atoms. The molecule has 0 radical (unpaired) electrons. The zero-order valence-corrected chi connectivity index (χ0v) is 17.5. The molecular formula is C25H27FN2O3. The van der Waals surface area contributed by atoms with Crippen LogP contribution < -0.4 is 0 Å². The molecule has 0 N–H and O–H groups in total. The fourth-order valence-electron chi connectivity index (χ4n) is 7.07. The first kappa shape index (κ1) is 19.4. The monoisotopic (exact) mass is 422 g/mol. The maximum Gasteiger partial charge on any atom is 0.233 e. The van der Waals surface area contributed by atoms with Crippen molar-refractivity contribution in [1.29, 1.82) is 0 Å². The first-order chi connectivity index (χ1) is 15.0. The normalized spacial score (nSPS) is 36.6. The summed E-state index contributed by atoms with van der Waals surface area (Å²) in [6, 6.07) is 5.68. The molecule has 5 nitrogen and oxygen atoms in total. The third-order valence-electron chi connectivity index (χ3n) is 8.84. The predicted molar refractivity (Wildman–Crippen MR) is 111 cm³/mol. The molecule has 6 heteroatoms. The Bertz CT molecular complexity index is 981. The van der Waals surface area contributed by atoms with E-state index in [0.717, 1.165) is 38.8 Å². The standard InChI is InChI=1S/C25H27FN2O3/c26-18-4-1-16(2-5-18)20(29)14-27-11-8-15(9-12-27)13-28-23(30)21-19-6-3-17-7-10-25(17,19)22(21)24(28)31/h1-6,15,17,19,21-22H,7-14H2. The van der Waals surface area contributed by atoms with E-state index in [1.54, 1.807) is 4.90 Å². The lowest BCUT2D eigenvalue weighted by Crippen LogP contribution is -2.62. The lowest BCUT2D eigenvalue weighted by Gasteiger charge is -2.62. The van der Waals surface area contributed by atoms with Crippen LogP contribution in [0, 0.1) is 40.8 Å². The first-order valence-electron chi connectivity index (χ1n) is 11.5. The average Bonchev–Trinajstić information content (AvgIpc) is 3.06. The smallest absolute Gasteiger partial charge is 0.233 e. The number of halogens is 1. The van der Waals surface area contributed by atoms with Gasteiger partial charge in [0.15, 0.2) is 5.78 Å². The van der Waals surface area contributed by atoms with Gasteiger partial charge in [0.2, 0.25) is 11.8 Å². The number of ketones is 1. The highest BCUT2D eigenvalue weighted by atomic mass is 19.1. The molecule has 3 aliphatic carbocycles. The van der Waals surface area contributed by atoms with Crippen LogP contribution in [-0.2, 0) is 9.59 Å². The van der Waals surface area contributed by atoms with Crippen LogP contribution in [-0.4, -0.2) is 53.6 Å². The fraction of sp³-hybridized carbons (Fsp3) is 0.560. The summed E-state index contributed by atoms with van der Waals surface area (Å²) < 4.78 is 13.1. The van der Waals surface area contributed by atoms with Crippen LogP contribution in [0.1, 0.15) is 36.0 Å². The number of likely N-dealkylation sites (tertiary alicyclic amines) is 2. The van der Waals surface area contributed by atoms with E-state index >= 15 is 0 Å². The Labute approximate surface area is 181 Å². The third-order valence-corrected chi connectivity index (χ3v) is 8.84.